The number of nitrogens with zero attached hydrogens (tertiary/aromatic N) is 2. The average Bonchev–Trinajstić information content (AvgIpc) is 2.31. The summed E-state index contributed by atoms with van der Waals surface area (Å²) in [6.45, 7) is 0. The second kappa shape index (κ2) is 3.84. The molecule has 1 aromatic rings. The highest BCUT2D eigenvalue weighted by Gasteiger charge is 2.18. The van der Waals surface area contributed by atoms with Crippen molar-refractivity contribution < 1.29 is 9.94 Å². The van der Waals surface area contributed by atoms with Gasteiger partial charge in [-0.05, 0) is 5.56 Å². The summed E-state index contributed by atoms with van der Waals surface area (Å²) in [6.07, 6.45) is 0.298. The summed E-state index contributed by atoms with van der Waals surface area (Å²) in [5, 5.41) is 21.6. The van der Waals surface area contributed by atoms with Gasteiger partial charge in [-0.2, -0.15) is 5.26 Å². The zero-order chi connectivity index (χ0) is 10.7. The highest BCUT2D eigenvalue weighted by atomic mass is 16.7. The van der Waals surface area contributed by atoms with Crippen LogP contribution in [-0.4, -0.2) is 10.8 Å². The monoisotopic (exact) mass is 200 g/mol. The number of benzene rings is 1. The van der Waals surface area contributed by atoms with E-state index in [0.717, 1.165) is 5.56 Å². The van der Waals surface area contributed by atoms with Crippen LogP contribution in [0.5, 0.6) is 0 Å². The van der Waals surface area contributed by atoms with Crippen LogP contribution in [0.1, 0.15) is 12.0 Å². The Hall–Kier alpha value is -2.28. The second-order valence-corrected chi connectivity index (χ2v) is 3.07. The Kier molecular flexibility index (Phi) is 2.38. The van der Waals surface area contributed by atoms with Crippen LogP contribution in [0.2, 0.25) is 0 Å². The van der Waals surface area contributed by atoms with Gasteiger partial charge in [-0.25, -0.2) is 0 Å². The minimum absolute atomic E-state index is 0.198. The molecule has 0 atom stereocenters. The number of hydrogen-bond acceptors (Lipinski definition) is 4. The van der Waals surface area contributed by atoms with E-state index in [4.69, 9.17) is 10.4 Å². The van der Waals surface area contributed by atoms with Crippen LogP contribution in [0.4, 0.5) is 0 Å². The van der Waals surface area contributed by atoms with Crippen molar-refractivity contribution in [1.29, 1.82) is 5.26 Å². The average molecular weight is 200 g/mol. The van der Waals surface area contributed by atoms with Crippen molar-refractivity contribution in [2.45, 2.75) is 6.42 Å². The molecule has 1 N–H and O–H groups in total. The standard InChI is InChI=1S/C11H8N2O2/c12-7-9-6-10(13-15-11(9)14)8-4-2-1-3-5-8/h1-5,14H,6H2. The molecule has 74 valence electrons. The van der Waals surface area contributed by atoms with Crippen molar-refractivity contribution >= 4 is 5.71 Å². The molecule has 0 fully saturated rings. The van der Waals surface area contributed by atoms with E-state index >= 15 is 0 Å². The summed E-state index contributed by atoms with van der Waals surface area (Å²) in [5.74, 6) is -0.405. The Morgan fingerprint density at radius 1 is 1.33 bits per heavy atom. The fourth-order valence-electron chi connectivity index (χ4n) is 1.30. The molecule has 1 aliphatic rings. The van der Waals surface area contributed by atoms with Crippen LogP contribution in [0.3, 0.4) is 0 Å². The second-order valence-electron chi connectivity index (χ2n) is 3.07. The lowest BCUT2D eigenvalue weighted by molar-refractivity contribution is 0.0914. The van der Waals surface area contributed by atoms with Gasteiger partial charge < -0.3 is 9.94 Å². The van der Waals surface area contributed by atoms with Crippen molar-refractivity contribution in [1.82, 2.24) is 0 Å². The third-order valence-corrected chi connectivity index (χ3v) is 2.09. The van der Waals surface area contributed by atoms with Gasteiger partial charge in [-0.1, -0.05) is 35.5 Å². The lowest BCUT2D eigenvalue weighted by Gasteiger charge is -2.11. The molecule has 0 unspecified atom stereocenters. The number of nitriles is 1. The van der Waals surface area contributed by atoms with Gasteiger partial charge >= 0.3 is 5.95 Å². The van der Waals surface area contributed by atoms with Gasteiger partial charge in [0.1, 0.15) is 11.6 Å². The maximum absolute atomic E-state index is 9.16. The largest absolute Gasteiger partial charge is 0.479 e. The van der Waals surface area contributed by atoms with Crippen LogP contribution < -0.4 is 0 Å². The van der Waals surface area contributed by atoms with E-state index in [1.807, 2.05) is 36.4 Å². The van der Waals surface area contributed by atoms with Gasteiger partial charge in [0.2, 0.25) is 0 Å². The van der Waals surface area contributed by atoms with Crippen molar-refractivity contribution in [2.24, 2.45) is 5.16 Å². The molecule has 1 heterocycles. The van der Waals surface area contributed by atoms with Crippen LogP contribution in [0.25, 0.3) is 0 Å². The smallest absolute Gasteiger partial charge is 0.321 e. The maximum Gasteiger partial charge on any atom is 0.321 e. The molecular weight excluding hydrogens is 192 g/mol. The first-order chi connectivity index (χ1) is 7.31. The van der Waals surface area contributed by atoms with Crippen LogP contribution >= 0.6 is 0 Å². The lowest BCUT2D eigenvalue weighted by atomic mass is 10.0. The molecule has 0 spiro atoms. The van der Waals surface area contributed by atoms with Gasteiger partial charge in [-0.3, -0.25) is 0 Å². The zero-order valence-electron chi connectivity index (χ0n) is 7.84. The SMILES string of the molecule is N#CC1=C(O)ON=C(c2ccccc2)C1. The molecule has 1 aliphatic heterocycles. The van der Waals surface area contributed by atoms with Crippen LogP contribution in [0, 0.1) is 11.3 Å². The molecule has 0 aromatic heterocycles. The normalized spacial score (nSPS) is 15.3. The number of oxime groups is 1. The molecule has 0 amide bonds. The van der Waals surface area contributed by atoms with Gasteiger partial charge in [0.05, 0.1) is 5.71 Å². The molecule has 0 saturated heterocycles. The van der Waals surface area contributed by atoms with E-state index in [2.05, 4.69) is 9.99 Å². The van der Waals surface area contributed by atoms with E-state index in [-0.39, 0.29) is 5.57 Å². The quantitative estimate of drug-likeness (QED) is 0.754. The molecule has 0 aliphatic carbocycles. The Balaban J connectivity index is 2.27. The van der Waals surface area contributed by atoms with Gasteiger partial charge in [0.15, 0.2) is 0 Å². The third-order valence-electron chi connectivity index (χ3n) is 2.09. The minimum Gasteiger partial charge on any atom is -0.479 e. The Morgan fingerprint density at radius 3 is 2.73 bits per heavy atom. The van der Waals surface area contributed by atoms with Gasteiger partial charge in [-0.15, -0.1) is 0 Å². The summed E-state index contributed by atoms with van der Waals surface area (Å²) in [5.41, 5.74) is 1.73. The summed E-state index contributed by atoms with van der Waals surface area (Å²) in [7, 11) is 0. The Labute approximate surface area is 86.7 Å². The Morgan fingerprint density at radius 2 is 2.07 bits per heavy atom. The first-order valence-corrected chi connectivity index (χ1v) is 4.43. The third kappa shape index (κ3) is 1.81. The number of hydrogen-bond donors (Lipinski definition) is 1. The zero-order valence-corrected chi connectivity index (χ0v) is 7.84. The van der Waals surface area contributed by atoms with Crippen molar-refractivity contribution in [2.75, 3.05) is 0 Å². The fraction of sp³-hybridized carbons (Fsp3) is 0.0909. The highest BCUT2D eigenvalue weighted by Crippen LogP contribution is 2.18. The number of aliphatic hydroxyl groups excluding tert-OH is 1. The summed E-state index contributed by atoms with van der Waals surface area (Å²) in [4.78, 5) is 4.65. The molecule has 0 radical (unpaired) electrons. The number of aliphatic hydroxyl groups is 1. The van der Waals surface area contributed by atoms with Crippen LogP contribution in [-0.2, 0) is 4.84 Å². The summed E-state index contributed by atoms with van der Waals surface area (Å²) >= 11 is 0. The molecule has 4 nitrogen and oxygen atoms in total. The minimum atomic E-state index is -0.405. The van der Waals surface area contributed by atoms with E-state index in [1.165, 1.54) is 0 Å². The number of rotatable bonds is 1. The molecule has 0 saturated carbocycles. The van der Waals surface area contributed by atoms with Crippen molar-refractivity contribution in [3.63, 3.8) is 0 Å². The molecule has 0 bridgehead atoms. The van der Waals surface area contributed by atoms with Crippen LogP contribution in [0.15, 0.2) is 47.0 Å². The molecule has 15 heavy (non-hydrogen) atoms. The molecule has 2 rings (SSSR count). The number of allylic oxidation sites excluding steroid dienone is 1. The predicted octanol–water partition coefficient (Wildman–Crippen LogP) is 2.10. The predicted molar refractivity (Wildman–Crippen MR) is 53.9 cm³/mol. The van der Waals surface area contributed by atoms with E-state index in [9.17, 15) is 0 Å². The molecule has 4 heteroatoms. The summed E-state index contributed by atoms with van der Waals surface area (Å²) in [6, 6.07) is 11.3. The van der Waals surface area contributed by atoms with E-state index in [1.54, 1.807) is 0 Å². The maximum atomic E-state index is 9.16. The van der Waals surface area contributed by atoms with Gasteiger partial charge in [0, 0.05) is 6.42 Å². The van der Waals surface area contributed by atoms with Crippen molar-refractivity contribution in [3.8, 4) is 6.07 Å². The first-order valence-electron chi connectivity index (χ1n) is 4.43. The highest BCUT2D eigenvalue weighted by molar-refractivity contribution is 6.02. The van der Waals surface area contributed by atoms with Crippen molar-refractivity contribution in [3.05, 3.63) is 47.4 Å². The topological polar surface area (TPSA) is 65.6 Å². The lowest BCUT2D eigenvalue weighted by Crippen LogP contribution is -2.10. The summed E-state index contributed by atoms with van der Waals surface area (Å²) < 4.78 is 0. The Bertz CT molecular complexity index is 469. The van der Waals surface area contributed by atoms with E-state index < -0.39 is 5.95 Å². The molecular formula is C11H8N2O2. The van der Waals surface area contributed by atoms with Gasteiger partial charge in [0.25, 0.3) is 0 Å². The first kappa shape index (κ1) is 9.28. The molecule has 1 aromatic carbocycles. The fourth-order valence-corrected chi connectivity index (χ4v) is 1.30. The van der Waals surface area contributed by atoms with E-state index in [0.29, 0.717) is 12.1 Å².